The van der Waals surface area contributed by atoms with Gasteiger partial charge in [0.1, 0.15) is 5.75 Å². The molecule has 2 aliphatic heterocycles. The summed E-state index contributed by atoms with van der Waals surface area (Å²) >= 11 is 1.68. The van der Waals surface area contributed by atoms with Gasteiger partial charge in [0.25, 0.3) is 0 Å². The third-order valence-electron chi connectivity index (χ3n) is 5.49. The van der Waals surface area contributed by atoms with Gasteiger partial charge in [0.05, 0.1) is 13.7 Å². The van der Waals surface area contributed by atoms with Crippen LogP contribution in [0.25, 0.3) is 0 Å². The Hall–Kier alpha value is -2.32. The summed E-state index contributed by atoms with van der Waals surface area (Å²) in [7, 11) is 1.68. The first-order chi connectivity index (χ1) is 13.7. The molecule has 1 aromatic heterocycles. The summed E-state index contributed by atoms with van der Waals surface area (Å²) < 4.78 is 5.22. The number of aromatic nitrogens is 1. The summed E-state index contributed by atoms with van der Waals surface area (Å²) in [6, 6.07) is 8.13. The molecule has 0 bridgehead atoms. The van der Waals surface area contributed by atoms with Crippen molar-refractivity contribution < 1.29 is 9.53 Å². The number of thiazole rings is 1. The molecule has 1 amide bonds. The molecule has 0 unspecified atom stereocenters. The van der Waals surface area contributed by atoms with E-state index in [0.29, 0.717) is 6.54 Å². The molecule has 3 heterocycles. The van der Waals surface area contributed by atoms with E-state index in [2.05, 4.69) is 31.8 Å². The lowest BCUT2D eigenvalue weighted by Gasteiger charge is -2.38. The number of hydrogen-bond donors (Lipinski definition) is 0. The number of piperazine rings is 2. The highest BCUT2D eigenvalue weighted by atomic mass is 32.1. The first-order valence-corrected chi connectivity index (χ1v) is 10.6. The van der Waals surface area contributed by atoms with Gasteiger partial charge in [-0.2, -0.15) is 0 Å². The molecule has 2 fully saturated rings. The second-order valence-corrected chi connectivity index (χ2v) is 8.02. The van der Waals surface area contributed by atoms with Crippen LogP contribution in [0.2, 0.25) is 0 Å². The van der Waals surface area contributed by atoms with E-state index in [1.165, 1.54) is 5.69 Å². The van der Waals surface area contributed by atoms with Crippen molar-refractivity contribution in [1.29, 1.82) is 0 Å². The highest BCUT2D eigenvalue weighted by Crippen LogP contribution is 2.21. The van der Waals surface area contributed by atoms with Gasteiger partial charge in [-0.05, 0) is 24.3 Å². The number of carbonyl (C=O) groups excluding carboxylic acids is 1. The lowest BCUT2D eigenvalue weighted by molar-refractivity contribution is -0.132. The highest BCUT2D eigenvalue weighted by Gasteiger charge is 2.25. The van der Waals surface area contributed by atoms with Crippen LogP contribution in [-0.4, -0.2) is 86.7 Å². The SMILES string of the molecule is COc1ccc(N2CCN(C(=O)CN3CCN(c4nccs4)CC3)CC2)cc1. The summed E-state index contributed by atoms with van der Waals surface area (Å²) in [6.07, 6.45) is 1.85. The molecule has 1 aromatic carbocycles. The number of nitrogens with zero attached hydrogens (tertiary/aromatic N) is 5. The predicted molar refractivity (Wildman–Crippen MR) is 113 cm³/mol. The van der Waals surface area contributed by atoms with Gasteiger partial charge in [-0.15, -0.1) is 11.3 Å². The predicted octanol–water partition coefficient (Wildman–Crippen LogP) is 1.62. The van der Waals surface area contributed by atoms with Crippen molar-refractivity contribution in [2.24, 2.45) is 0 Å². The van der Waals surface area contributed by atoms with Gasteiger partial charge >= 0.3 is 0 Å². The lowest BCUT2D eigenvalue weighted by Crippen LogP contribution is -2.54. The van der Waals surface area contributed by atoms with Crippen molar-refractivity contribution in [1.82, 2.24) is 14.8 Å². The molecule has 0 spiro atoms. The summed E-state index contributed by atoms with van der Waals surface area (Å²) in [5, 5.41) is 3.09. The van der Waals surface area contributed by atoms with E-state index in [4.69, 9.17) is 4.74 Å². The summed E-state index contributed by atoms with van der Waals surface area (Å²) in [6.45, 7) is 7.53. The number of amides is 1. The first-order valence-electron chi connectivity index (χ1n) is 9.76. The third kappa shape index (κ3) is 4.39. The minimum atomic E-state index is 0.247. The van der Waals surface area contributed by atoms with E-state index >= 15 is 0 Å². The first kappa shape index (κ1) is 19.0. The minimum Gasteiger partial charge on any atom is -0.497 e. The molecule has 8 heteroatoms. The van der Waals surface area contributed by atoms with E-state index in [1.807, 2.05) is 28.6 Å². The minimum absolute atomic E-state index is 0.247. The number of carbonyl (C=O) groups is 1. The van der Waals surface area contributed by atoms with Gasteiger partial charge in [0, 0.05) is 69.6 Å². The molecule has 2 saturated heterocycles. The van der Waals surface area contributed by atoms with Crippen molar-refractivity contribution in [3.8, 4) is 5.75 Å². The number of benzene rings is 1. The molecule has 28 heavy (non-hydrogen) atoms. The molecular formula is C20H27N5O2S. The fourth-order valence-electron chi connectivity index (χ4n) is 3.77. The van der Waals surface area contributed by atoms with Crippen molar-refractivity contribution in [2.45, 2.75) is 0 Å². The van der Waals surface area contributed by atoms with Crippen LogP contribution >= 0.6 is 11.3 Å². The second kappa shape index (κ2) is 8.79. The molecule has 0 atom stereocenters. The fraction of sp³-hybridized carbons (Fsp3) is 0.500. The molecule has 4 rings (SSSR count). The topological polar surface area (TPSA) is 52.2 Å². The normalized spacial score (nSPS) is 18.4. The Labute approximate surface area is 170 Å². The zero-order valence-corrected chi connectivity index (χ0v) is 17.1. The van der Waals surface area contributed by atoms with Gasteiger partial charge in [-0.3, -0.25) is 9.69 Å². The van der Waals surface area contributed by atoms with E-state index in [9.17, 15) is 4.79 Å². The molecule has 0 aliphatic carbocycles. The van der Waals surface area contributed by atoms with E-state index in [-0.39, 0.29) is 5.91 Å². The Bertz CT molecular complexity index is 751. The molecule has 0 N–H and O–H groups in total. The van der Waals surface area contributed by atoms with Crippen LogP contribution in [0.1, 0.15) is 0 Å². The fourth-order valence-corrected chi connectivity index (χ4v) is 4.46. The average Bonchev–Trinajstić information content (AvgIpc) is 3.29. The van der Waals surface area contributed by atoms with E-state index in [1.54, 1.807) is 18.4 Å². The lowest BCUT2D eigenvalue weighted by atomic mass is 10.2. The summed E-state index contributed by atoms with van der Waals surface area (Å²) in [5.74, 6) is 1.12. The van der Waals surface area contributed by atoms with Crippen LogP contribution in [0, 0.1) is 0 Å². The number of ether oxygens (including phenoxy) is 1. The van der Waals surface area contributed by atoms with E-state index < -0.39 is 0 Å². The van der Waals surface area contributed by atoms with Gasteiger partial charge in [0.15, 0.2) is 5.13 Å². The third-order valence-corrected chi connectivity index (χ3v) is 6.32. The Balaban J connectivity index is 1.22. The van der Waals surface area contributed by atoms with Crippen LogP contribution in [0.4, 0.5) is 10.8 Å². The standard InChI is InChI=1S/C20H27N5O2S/c1-27-18-4-2-17(3-5-18)23-11-13-24(14-12-23)19(26)16-22-7-9-25(10-8-22)20-21-6-15-28-20/h2-6,15H,7-14,16H2,1H3. The van der Waals surface area contributed by atoms with Crippen LogP contribution in [0.3, 0.4) is 0 Å². The largest absolute Gasteiger partial charge is 0.497 e. The zero-order chi connectivity index (χ0) is 19.3. The maximum atomic E-state index is 12.7. The molecule has 7 nitrogen and oxygen atoms in total. The maximum absolute atomic E-state index is 12.7. The van der Waals surface area contributed by atoms with Gasteiger partial charge in [-0.1, -0.05) is 0 Å². The molecule has 2 aromatic rings. The second-order valence-electron chi connectivity index (χ2n) is 7.14. The quantitative estimate of drug-likeness (QED) is 0.759. The number of rotatable bonds is 5. The van der Waals surface area contributed by atoms with Crippen molar-refractivity contribution in [2.75, 3.05) is 75.8 Å². The van der Waals surface area contributed by atoms with Gasteiger partial charge in [0.2, 0.25) is 5.91 Å². The molecule has 0 saturated carbocycles. The van der Waals surface area contributed by atoms with Crippen molar-refractivity contribution in [3.63, 3.8) is 0 Å². The molecule has 0 radical (unpaired) electrons. The smallest absolute Gasteiger partial charge is 0.236 e. The highest BCUT2D eigenvalue weighted by molar-refractivity contribution is 7.13. The molecular weight excluding hydrogens is 374 g/mol. The summed E-state index contributed by atoms with van der Waals surface area (Å²) in [4.78, 5) is 26.0. The van der Waals surface area contributed by atoms with Crippen LogP contribution < -0.4 is 14.5 Å². The van der Waals surface area contributed by atoms with E-state index in [0.717, 1.165) is 63.2 Å². The van der Waals surface area contributed by atoms with Crippen molar-refractivity contribution >= 4 is 28.1 Å². The number of methoxy groups -OCH3 is 1. The average molecular weight is 402 g/mol. The van der Waals surface area contributed by atoms with Crippen LogP contribution in [0.15, 0.2) is 35.8 Å². The summed E-state index contributed by atoms with van der Waals surface area (Å²) in [5.41, 5.74) is 1.19. The maximum Gasteiger partial charge on any atom is 0.236 e. The van der Waals surface area contributed by atoms with Crippen LogP contribution in [0.5, 0.6) is 5.75 Å². The Morgan fingerprint density at radius 2 is 1.68 bits per heavy atom. The number of hydrogen-bond acceptors (Lipinski definition) is 7. The Morgan fingerprint density at radius 1 is 1.00 bits per heavy atom. The zero-order valence-electron chi connectivity index (χ0n) is 16.3. The Morgan fingerprint density at radius 3 is 2.29 bits per heavy atom. The van der Waals surface area contributed by atoms with Crippen LogP contribution in [-0.2, 0) is 4.79 Å². The Kier molecular flexibility index (Phi) is 5.97. The number of anilines is 2. The van der Waals surface area contributed by atoms with Crippen molar-refractivity contribution in [3.05, 3.63) is 35.8 Å². The molecule has 2 aliphatic rings. The molecule has 150 valence electrons. The van der Waals surface area contributed by atoms with Gasteiger partial charge in [-0.25, -0.2) is 4.98 Å². The monoisotopic (exact) mass is 401 g/mol. The van der Waals surface area contributed by atoms with Gasteiger partial charge < -0.3 is 19.4 Å².